The highest BCUT2D eigenvalue weighted by atomic mass is 16.6. The monoisotopic (exact) mass is 439 g/mol. The SMILES string of the molecule is CC1(CN=C(N)N2CCN(C(=O)OC(C)(C)C)CC2)CCN(C(=O)OC(C)(C)C)CC1. The van der Waals surface area contributed by atoms with Crippen LogP contribution < -0.4 is 5.73 Å². The van der Waals surface area contributed by atoms with Gasteiger partial charge in [0.25, 0.3) is 0 Å². The van der Waals surface area contributed by atoms with E-state index in [1.807, 2.05) is 46.4 Å². The van der Waals surface area contributed by atoms with Gasteiger partial charge in [-0.2, -0.15) is 0 Å². The second kappa shape index (κ2) is 9.53. The van der Waals surface area contributed by atoms with Crippen molar-refractivity contribution in [3.8, 4) is 0 Å². The molecule has 2 aliphatic rings. The van der Waals surface area contributed by atoms with Gasteiger partial charge in [0.2, 0.25) is 0 Å². The van der Waals surface area contributed by atoms with Crippen LogP contribution in [-0.2, 0) is 9.47 Å². The lowest BCUT2D eigenvalue weighted by atomic mass is 9.80. The smallest absolute Gasteiger partial charge is 0.410 e. The maximum absolute atomic E-state index is 12.3. The van der Waals surface area contributed by atoms with E-state index in [4.69, 9.17) is 15.2 Å². The molecule has 31 heavy (non-hydrogen) atoms. The van der Waals surface area contributed by atoms with Crippen molar-refractivity contribution >= 4 is 18.1 Å². The third-order valence-electron chi connectivity index (χ3n) is 5.50. The van der Waals surface area contributed by atoms with Gasteiger partial charge in [0.05, 0.1) is 0 Å². The number of aliphatic imine (C=N–C) groups is 1. The summed E-state index contributed by atoms with van der Waals surface area (Å²) in [6.07, 6.45) is 1.18. The maximum Gasteiger partial charge on any atom is 0.410 e. The molecular formula is C22H41N5O4. The molecule has 0 radical (unpaired) electrons. The van der Waals surface area contributed by atoms with Crippen molar-refractivity contribution in [2.45, 2.75) is 72.5 Å². The van der Waals surface area contributed by atoms with Crippen molar-refractivity contribution in [2.24, 2.45) is 16.1 Å². The van der Waals surface area contributed by atoms with Crippen molar-refractivity contribution in [1.82, 2.24) is 14.7 Å². The molecule has 2 saturated heterocycles. The lowest BCUT2D eigenvalue weighted by Crippen LogP contribution is -2.53. The van der Waals surface area contributed by atoms with E-state index in [0.717, 1.165) is 12.8 Å². The standard InChI is InChI=1S/C22H41N5O4/c1-20(2,3)30-18(28)26-10-8-22(7,9-11-26)16-24-17(23)25-12-14-27(15-13-25)19(29)31-21(4,5)6/h8-16H2,1-7H3,(H2,23,24). The number of amides is 2. The molecule has 2 N–H and O–H groups in total. The fraction of sp³-hybridized carbons (Fsp3) is 0.864. The van der Waals surface area contributed by atoms with Gasteiger partial charge in [-0.3, -0.25) is 4.99 Å². The Hall–Kier alpha value is -2.19. The van der Waals surface area contributed by atoms with Crippen LogP contribution >= 0.6 is 0 Å². The molecule has 0 spiro atoms. The first-order valence-corrected chi connectivity index (χ1v) is 11.2. The molecule has 0 unspecified atom stereocenters. The molecule has 2 heterocycles. The summed E-state index contributed by atoms with van der Waals surface area (Å²) in [5.41, 5.74) is 5.27. The Balaban J connectivity index is 1.80. The van der Waals surface area contributed by atoms with Gasteiger partial charge < -0.3 is 29.9 Å². The first kappa shape index (κ1) is 25.1. The van der Waals surface area contributed by atoms with Gasteiger partial charge in [0.1, 0.15) is 11.2 Å². The van der Waals surface area contributed by atoms with E-state index in [9.17, 15) is 9.59 Å². The van der Waals surface area contributed by atoms with Crippen LogP contribution in [0.2, 0.25) is 0 Å². The topological polar surface area (TPSA) is 101 Å². The number of likely N-dealkylation sites (tertiary alicyclic amines) is 1. The number of rotatable bonds is 2. The van der Waals surface area contributed by atoms with Crippen LogP contribution in [0, 0.1) is 5.41 Å². The molecule has 0 aromatic rings. The van der Waals surface area contributed by atoms with Crippen molar-refractivity contribution in [3.05, 3.63) is 0 Å². The molecule has 2 aliphatic heterocycles. The second-order valence-electron chi connectivity index (χ2n) is 10.9. The summed E-state index contributed by atoms with van der Waals surface area (Å²) in [5.74, 6) is 0.514. The summed E-state index contributed by atoms with van der Waals surface area (Å²) in [6.45, 7) is 17.8. The number of nitrogens with two attached hydrogens (primary N) is 1. The zero-order valence-corrected chi connectivity index (χ0v) is 20.4. The molecule has 2 fully saturated rings. The van der Waals surface area contributed by atoms with E-state index < -0.39 is 11.2 Å². The van der Waals surface area contributed by atoms with Crippen molar-refractivity contribution in [2.75, 3.05) is 45.8 Å². The Morgan fingerprint density at radius 3 is 1.61 bits per heavy atom. The lowest BCUT2D eigenvalue weighted by Gasteiger charge is -2.39. The quantitative estimate of drug-likeness (QED) is 0.524. The van der Waals surface area contributed by atoms with Gasteiger partial charge in [-0.15, -0.1) is 0 Å². The molecular weight excluding hydrogens is 398 g/mol. The highest BCUT2D eigenvalue weighted by molar-refractivity contribution is 5.78. The fourth-order valence-electron chi connectivity index (χ4n) is 3.53. The molecule has 0 aromatic carbocycles. The van der Waals surface area contributed by atoms with E-state index in [-0.39, 0.29) is 17.6 Å². The largest absolute Gasteiger partial charge is 0.444 e. The minimum absolute atomic E-state index is 0.00146. The van der Waals surface area contributed by atoms with Crippen LogP contribution in [-0.4, -0.2) is 89.9 Å². The molecule has 0 saturated carbocycles. The Bertz CT molecular complexity index is 664. The zero-order chi connectivity index (χ0) is 23.4. The summed E-state index contributed by atoms with van der Waals surface area (Å²) in [7, 11) is 0. The van der Waals surface area contributed by atoms with Gasteiger partial charge in [-0.1, -0.05) is 6.92 Å². The minimum Gasteiger partial charge on any atom is -0.444 e. The normalized spacial score (nSPS) is 20.5. The third-order valence-corrected chi connectivity index (χ3v) is 5.50. The van der Waals surface area contributed by atoms with E-state index in [2.05, 4.69) is 11.9 Å². The minimum atomic E-state index is -0.497. The summed E-state index contributed by atoms with van der Waals surface area (Å²) < 4.78 is 10.9. The molecule has 0 bridgehead atoms. The summed E-state index contributed by atoms with van der Waals surface area (Å²) >= 11 is 0. The van der Waals surface area contributed by atoms with Crippen LogP contribution in [0.15, 0.2) is 4.99 Å². The molecule has 0 aromatic heterocycles. The predicted molar refractivity (Wildman–Crippen MR) is 121 cm³/mol. The second-order valence-corrected chi connectivity index (χ2v) is 10.9. The number of hydrogen-bond donors (Lipinski definition) is 1. The Labute approximate surface area is 186 Å². The molecule has 178 valence electrons. The van der Waals surface area contributed by atoms with Crippen LogP contribution in [0.1, 0.15) is 61.3 Å². The van der Waals surface area contributed by atoms with E-state index >= 15 is 0 Å². The number of nitrogens with zero attached hydrogens (tertiary/aromatic N) is 4. The van der Waals surface area contributed by atoms with Crippen molar-refractivity contribution < 1.29 is 19.1 Å². The molecule has 2 amide bonds. The Morgan fingerprint density at radius 1 is 0.806 bits per heavy atom. The average Bonchev–Trinajstić information content (AvgIpc) is 2.64. The first-order chi connectivity index (χ1) is 14.2. The van der Waals surface area contributed by atoms with Gasteiger partial charge in [-0.25, -0.2) is 9.59 Å². The van der Waals surface area contributed by atoms with Crippen LogP contribution in [0.25, 0.3) is 0 Å². The van der Waals surface area contributed by atoms with E-state index in [1.54, 1.807) is 9.80 Å². The van der Waals surface area contributed by atoms with E-state index in [1.165, 1.54) is 0 Å². The van der Waals surface area contributed by atoms with E-state index in [0.29, 0.717) is 51.8 Å². The molecule has 0 atom stereocenters. The van der Waals surface area contributed by atoms with Gasteiger partial charge >= 0.3 is 12.2 Å². The summed E-state index contributed by atoms with van der Waals surface area (Å²) in [5, 5.41) is 0. The number of carbonyl (C=O) groups is 2. The molecule has 9 heteroatoms. The maximum atomic E-state index is 12.3. The summed E-state index contributed by atoms with van der Waals surface area (Å²) in [4.78, 5) is 34.6. The Kier molecular flexibility index (Phi) is 7.70. The average molecular weight is 440 g/mol. The number of ether oxygens (including phenoxy) is 2. The van der Waals surface area contributed by atoms with Crippen molar-refractivity contribution in [3.63, 3.8) is 0 Å². The number of piperidine rings is 1. The van der Waals surface area contributed by atoms with Gasteiger partial charge in [0, 0.05) is 45.8 Å². The number of guanidine groups is 1. The lowest BCUT2D eigenvalue weighted by molar-refractivity contribution is 0.0127. The fourth-order valence-corrected chi connectivity index (χ4v) is 3.53. The third kappa shape index (κ3) is 8.10. The van der Waals surface area contributed by atoms with Crippen LogP contribution in [0.4, 0.5) is 9.59 Å². The van der Waals surface area contributed by atoms with Crippen LogP contribution in [0.5, 0.6) is 0 Å². The number of piperazine rings is 1. The number of hydrogen-bond acceptors (Lipinski definition) is 5. The van der Waals surface area contributed by atoms with Gasteiger partial charge in [0.15, 0.2) is 5.96 Å². The zero-order valence-electron chi connectivity index (χ0n) is 20.4. The van der Waals surface area contributed by atoms with Crippen molar-refractivity contribution in [1.29, 1.82) is 0 Å². The molecule has 0 aliphatic carbocycles. The highest BCUT2D eigenvalue weighted by Crippen LogP contribution is 2.32. The van der Waals surface area contributed by atoms with Gasteiger partial charge in [-0.05, 0) is 59.8 Å². The van der Waals surface area contributed by atoms with Crippen LogP contribution in [0.3, 0.4) is 0 Å². The molecule has 2 rings (SSSR count). The summed E-state index contributed by atoms with van der Waals surface area (Å²) in [6, 6.07) is 0. The predicted octanol–water partition coefficient (Wildman–Crippen LogP) is 2.89. The Morgan fingerprint density at radius 2 is 1.19 bits per heavy atom. The number of carbonyl (C=O) groups excluding carboxylic acids is 2. The first-order valence-electron chi connectivity index (χ1n) is 11.2. The highest BCUT2D eigenvalue weighted by Gasteiger charge is 2.34. The molecule has 9 nitrogen and oxygen atoms in total.